The molecule has 1 saturated heterocycles. The second-order valence-electron chi connectivity index (χ2n) is 5.86. The van der Waals surface area contributed by atoms with Gasteiger partial charge in [-0.1, -0.05) is 0 Å². The number of aryl methyl sites for hydroxylation is 2. The summed E-state index contributed by atoms with van der Waals surface area (Å²) in [5.41, 5.74) is 7.99. The number of nitrogens with zero attached hydrogens (tertiary/aromatic N) is 2. The number of hydrogen-bond donors (Lipinski definition) is 1. The number of pyridine rings is 1. The molecule has 0 radical (unpaired) electrons. The lowest BCUT2D eigenvalue weighted by molar-refractivity contribution is -0.0244. The summed E-state index contributed by atoms with van der Waals surface area (Å²) in [6.45, 7) is 3.92. The molecule has 0 aromatic carbocycles. The van der Waals surface area contributed by atoms with Crippen LogP contribution in [0, 0.1) is 6.92 Å². The van der Waals surface area contributed by atoms with Crippen LogP contribution in [0.25, 0.3) is 0 Å². The fraction of sp³-hybridized carbons (Fsp3) is 0.412. The molecule has 3 heterocycles. The molecule has 0 spiro atoms. The molecule has 5 nitrogen and oxygen atoms in total. The van der Waals surface area contributed by atoms with E-state index in [-0.39, 0.29) is 12.0 Å². The summed E-state index contributed by atoms with van der Waals surface area (Å²) >= 11 is 1.51. The predicted octanol–water partition coefficient (Wildman–Crippen LogP) is 2.51. The number of aromatic nitrogens is 1. The van der Waals surface area contributed by atoms with Crippen molar-refractivity contribution in [3.8, 4) is 0 Å². The maximum atomic E-state index is 12.5. The lowest BCUT2D eigenvalue weighted by atomic mass is 10.1. The summed E-state index contributed by atoms with van der Waals surface area (Å²) in [5.74, 6) is 0.654. The Labute approximate surface area is 140 Å². The minimum Gasteiger partial charge on any atom is -0.384 e. The number of rotatable bonds is 4. The number of nitrogens with two attached hydrogens (primary N) is 1. The number of amides is 1. The van der Waals surface area contributed by atoms with Crippen molar-refractivity contribution in [1.82, 2.24) is 9.88 Å². The Balaban J connectivity index is 1.56. The smallest absolute Gasteiger partial charge is 0.264 e. The van der Waals surface area contributed by atoms with E-state index in [1.165, 1.54) is 11.3 Å². The molecule has 2 N–H and O–H groups in total. The normalized spacial score (nSPS) is 18.1. The Morgan fingerprint density at radius 1 is 1.52 bits per heavy atom. The lowest BCUT2D eigenvalue weighted by Crippen LogP contribution is -2.45. The van der Waals surface area contributed by atoms with Gasteiger partial charge >= 0.3 is 0 Å². The second-order valence-corrected chi connectivity index (χ2v) is 6.77. The predicted molar refractivity (Wildman–Crippen MR) is 91.7 cm³/mol. The van der Waals surface area contributed by atoms with Crippen LogP contribution in [0.3, 0.4) is 0 Å². The third-order valence-electron chi connectivity index (χ3n) is 3.97. The highest BCUT2D eigenvalue weighted by molar-refractivity contribution is 7.12. The van der Waals surface area contributed by atoms with Gasteiger partial charge in [-0.05, 0) is 54.5 Å². The number of carbonyl (C=O) groups is 1. The largest absolute Gasteiger partial charge is 0.384 e. The second kappa shape index (κ2) is 7.10. The van der Waals surface area contributed by atoms with Crippen LogP contribution in [0.1, 0.15) is 27.2 Å². The Bertz CT molecular complexity index is 686. The zero-order valence-corrected chi connectivity index (χ0v) is 14.0. The van der Waals surface area contributed by atoms with Crippen LogP contribution in [0.5, 0.6) is 0 Å². The highest BCUT2D eigenvalue weighted by Crippen LogP contribution is 2.19. The van der Waals surface area contributed by atoms with Gasteiger partial charge in [-0.3, -0.25) is 4.79 Å². The third-order valence-corrected chi connectivity index (χ3v) is 5.00. The van der Waals surface area contributed by atoms with Crippen molar-refractivity contribution in [3.05, 3.63) is 45.8 Å². The molecule has 2 aromatic heterocycles. The quantitative estimate of drug-likeness (QED) is 0.935. The van der Waals surface area contributed by atoms with Crippen LogP contribution >= 0.6 is 11.3 Å². The van der Waals surface area contributed by atoms with Gasteiger partial charge in [0.1, 0.15) is 5.82 Å². The molecule has 3 rings (SSSR count). The van der Waals surface area contributed by atoms with E-state index in [4.69, 9.17) is 10.5 Å². The Morgan fingerprint density at radius 2 is 2.39 bits per heavy atom. The lowest BCUT2D eigenvalue weighted by Gasteiger charge is -2.32. The number of hydrogen-bond acceptors (Lipinski definition) is 5. The first-order chi connectivity index (χ1) is 11.1. The summed E-state index contributed by atoms with van der Waals surface area (Å²) in [5, 5.41) is 2.01. The molecule has 1 amide bonds. The van der Waals surface area contributed by atoms with E-state index in [2.05, 4.69) is 4.98 Å². The monoisotopic (exact) mass is 331 g/mol. The van der Waals surface area contributed by atoms with Gasteiger partial charge < -0.3 is 15.4 Å². The minimum absolute atomic E-state index is 0.0724. The van der Waals surface area contributed by atoms with Crippen LogP contribution < -0.4 is 5.73 Å². The Kier molecular flexibility index (Phi) is 4.93. The average Bonchev–Trinajstić information content (AvgIpc) is 2.99. The zero-order valence-electron chi connectivity index (χ0n) is 13.2. The molecule has 0 unspecified atom stereocenters. The first-order valence-electron chi connectivity index (χ1n) is 7.78. The molecular formula is C17H21N3O2S. The molecule has 0 aliphatic carbocycles. The minimum atomic E-state index is 0.0724. The zero-order chi connectivity index (χ0) is 16.2. The molecule has 1 atom stereocenters. The Morgan fingerprint density at radius 3 is 3.13 bits per heavy atom. The molecule has 0 saturated carbocycles. The fourth-order valence-corrected chi connectivity index (χ4v) is 3.62. The van der Waals surface area contributed by atoms with E-state index in [0.717, 1.165) is 28.8 Å². The van der Waals surface area contributed by atoms with E-state index in [1.807, 2.05) is 35.4 Å². The van der Waals surface area contributed by atoms with Gasteiger partial charge in [0.2, 0.25) is 0 Å². The van der Waals surface area contributed by atoms with Gasteiger partial charge in [-0.2, -0.15) is 0 Å². The summed E-state index contributed by atoms with van der Waals surface area (Å²) in [7, 11) is 0. The number of thiophene rings is 1. The van der Waals surface area contributed by atoms with E-state index >= 15 is 0 Å². The van der Waals surface area contributed by atoms with Crippen molar-refractivity contribution < 1.29 is 9.53 Å². The topological polar surface area (TPSA) is 68.5 Å². The van der Waals surface area contributed by atoms with Gasteiger partial charge in [0.25, 0.3) is 5.91 Å². The molecule has 23 heavy (non-hydrogen) atoms. The molecule has 1 aliphatic heterocycles. The number of morpholine rings is 1. The first kappa shape index (κ1) is 16.0. The highest BCUT2D eigenvalue weighted by atomic mass is 32.1. The van der Waals surface area contributed by atoms with Gasteiger partial charge in [-0.15, -0.1) is 11.3 Å². The number of anilines is 1. The summed E-state index contributed by atoms with van der Waals surface area (Å²) in [6, 6.07) is 5.81. The summed E-state index contributed by atoms with van der Waals surface area (Å²) in [6.07, 6.45) is 3.54. The van der Waals surface area contributed by atoms with Crippen LogP contribution in [0.2, 0.25) is 0 Å². The van der Waals surface area contributed by atoms with Crippen molar-refractivity contribution in [3.63, 3.8) is 0 Å². The number of ether oxygens (including phenoxy) is 1. The molecule has 1 aliphatic rings. The van der Waals surface area contributed by atoms with Crippen LogP contribution in [-0.4, -0.2) is 41.6 Å². The van der Waals surface area contributed by atoms with Crippen molar-refractivity contribution >= 4 is 23.1 Å². The maximum Gasteiger partial charge on any atom is 0.264 e. The van der Waals surface area contributed by atoms with Gasteiger partial charge in [0, 0.05) is 19.3 Å². The SMILES string of the molecule is Cc1csc(C(=O)N2CCO[C@@H](CCc3ccnc(N)c3)C2)c1. The molecule has 122 valence electrons. The van der Waals surface area contributed by atoms with Crippen LogP contribution in [0.15, 0.2) is 29.8 Å². The molecular weight excluding hydrogens is 310 g/mol. The highest BCUT2D eigenvalue weighted by Gasteiger charge is 2.25. The molecule has 0 bridgehead atoms. The van der Waals surface area contributed by atoms with Crippen molar-refractivity contribution in [2.24, 2.45) is 0 Å². The summed E-state index contributed by atoms with van der Waals surface area (Å²) in [4.78, 5) is 19.2. The van der Waals surface area contributed by atoms with Crippen LogP contribution in [-0.2, 0) is 11.2 Å². The molecule has 2 aromatic rings. The Hall–Kier alpha value is -1.92. The van der Waals surface area contributed by atoms with Crippen LogP contribution in [0.4, 0.5) is 5.82 Å². The van der Waals surface area contributed by atoms with E-state index in [1.54, 1.807) is 6.20 Å². The van der Waals surface area contributed by atoms with Gasteiger partial charge in [-0.25, -0.2) is 4.98 Å². The van der Waals surface area contributed by atoms with E-state index < -0.39 is 0 Å². The standard InChI is InChI=1S/C17H21N3O2S/c1-12-8-15(23-11-12)17(21)20-6-7-22-14(10-20)3-2-13-4-5-19-16(18)9-13/h4-5,8-9,11,14H,2-3,6-7,10H2,1H3,(H2,18,19)/t14-/m0/s1. The molecule has 6 heteroatoms. The number of nitrogen functional groups attached to an aromatic ring is 1. The maximum absolute atomic E-state index is 12.5. The van der Waals surface area contributed by atoms with Gasteiger partial charge in [0.05, 0.1) is 17.6 Å². The van der Waals surface area contributed by atoms with Crippen molar-refractivity contribution in [1.29, 1.82) is 0 Å². The average molecular weight is 331 g/mol. The van der Waals surface area contributed by atoms with Crippen molar-refractivity contribution in [2.45, 2.75) is 25.9 Å². The van der Waals surface area contributed by atoms with E-state index in [0.29, 0.717) is 25.5 Å². The third kappa shape index (κ3) is 4.09. The first-order valence-corrected chi connectivity index (χ1v) is 8.66. The van der Waals surface area contributed by atoms with Crippen molar-refractivity contribution in [2.75, 3.05) is 25.4 Å². The van der Waals surface area contributed by atoms with Gasteiger partial charge in [0.15, 0.2) is 0 Å². The number of carbonyl (C=O) groups excluding carboxylic acids is 1. The summed E-state index contributed by atoms with van der Waals surface area (Å²) < 4.78 is 5.81. The molecule has 1 fully saturated rings. The van der Waals surface area contributed by atoms with E-state index in [9.17, 15) is 4.79 Å². The fourth-order valence-electron chi connectivity index (χ4n) is 2.76.